The standard InChI is InChI=1S/C19H14N6O4/c26-17(12-24-11-16(10-20-24)25(27)28)21-15-8-6-13(7-9-15)18-22-19(29-23-18)14-4-2-1-3-5-14/h1-11H,12H2,(H,21,26). The van der Waals surface area contributed by atoms with Crippen LogP contribution in [0.4, 0.5) is 11.4 Å². The molecule has 2 heterocycles. The molecule has 2 aromatic carbocycles. The summed E-state index contributed by atoms with van der Waals surface area (Å²) in [6, 6.07) is 16.4. The van der Waals surface area contributed by atoms with Crippen LogP contribution in [0, 0.1) is 10.1 Å². The van der Waals surface area contributed by atoms with Crippen molar-refractivity contribution in [3.63, 3.8) is 0 Å². The molecule has 0 bridgehead atoms. The Morgan fingerprint density at radius 3 is 2.55 bits per heavy atom. The third kappa shape index (κ3) is 4.16. The van der Waals surface area contributed by atoms with Crippen molar-refractivity contribution in [2.45, 2.75) is 6.54 Å². The molecular formula is C19H14N6O4. The molecule has 0 saturated heterocycles. The van der Waals surface area contributed by atoms with E-state index in [2.05, 4.69) is 20.6 Å². The molecule has 0 atom stereocenters. The smallest absolute Gasteiger partial charge is 0.307 e. The van der Waals surface area contributed by atoms with Crippen LogP contribution < -0.4 is 5.32 Å². The fourth-order valence-corrected chi connectivity index (χ4v) is 2.62. The van der Waals surface area contributed by atoms with Crippen LogP contribution in [0.1, 0.15) is 0 Å². The highest BCUT2D eigenvalue weighted by atomic mass is 16.6. The van der Waals surface area contributed by atoms with E-state index in [1.807, 2.05) is 30.3 Å². The zero-order chi connectivity index (χ0) is 20.2. The highest BCUT2D eigenvalue weighted by Gasteiger charge is 2.13. The van der Waals surface area contributed by atoms with Gasteiger partial charge in [-0.3, -0.25) is 19.6 Å². The lowest BCUT2D eigenvalue weighted by Crippen LogP contribution is -2.18. The van der Waals surface area contributed by atoms with Crippen LogP contribution >= 0.6 is 0 Å². The molecule has 1 amide bonds. The fourth-order valence-electron chi connectivity index (χ4n) is 2.62. The van der Waals surface area contributed by atoms with Crippen LogP contribution in [0.25, 0.3) is 22.8 Å². The van der Waals surface area contributed by atoms with E-state index >= 15 is 0 Å². The van der Waals surface area contributed by atoms with Crippen LogP contribution in [0.15, 0.2) is 71.5 Å². The maximum Gasteiger partial charge on any atom is 0.307 e. The van der Waals surface area contributed by atoms with Crippen LogP contribution in [0.3, 0.4) is 0 Å². The predicted molar refractivity (Wildman–Crippen MR) is 103 cm³/mol. The van der Waals surface area contributed by atoms with Gasteiger partial charge < -0.3 is 9.84 Å². The fraction of sp³-hybridized carbons (Fsp3) is 0.0526. The Bertz CT molecular complexity index is 1150. The molecule has 0 aliphatic heterocycles. The van der Waals surface area contributed by atoms with Crippen molar-refractivity contribution in [2.75, 3.05) is 5.32 Å². The van der Waals surface area contributed by atoms with Gasteiger partial charge in [-0.25, -0.2) is 0 Å². The largest absolute Gasteiger partial charge is 0.334 e. The number of nitro groups is 1. The van der Waals surface area contributed by atoms with Gasteiger partial charge in [0.25, 0.3) is 5.89 Å². The van der Waals surface area contributed by atoms with Crippen molar-refractivity contribution < 1.29 is 14.2 Å². The summed E-state index contributed by atoms with van der Waals surface area (Å²) >= 11 is 0. The zero-order valence-corrected chi connectivity index (χ0v) is 14.9. The van der Waals surface area contributed by atoms with E-state index in [0.29, 0.717) is 17.4 Å². The number of nitrogens with zero attached hydrogens (tertiary/aromatic N) is 5. The topological polar surface area (TPSA) is 129 Å². The van der Waals surface area contributed by atoms with E-state index in [0.717, 1.165) is 17.3 Å². The quantitative estimate of drug-likeness (QED) is 0.395. The first kappa shape index (κ1) is 18.0. The minimum atomic E-state index is -0.568. The van der Waals surface area contributed by atoms with Gasteiger partial charge in [-0.05, 0) is 36.4 Å². The highest BCUT2D eigenvalue weighted by Crippen LogP contribution is 2.23. The molecule has 144 valence electrons. The second-order valence-electron chi connectivity index (χ2n) is 6.07. The Hall–Kier alpha value is -4.34. The summed E-state index contributed by atoms with van der Waals surface area (Å²) in [7, 11) is 0. The Kier molecular flexibility index (Phi) is 4.81. The van der Waals surface area contributed by atoms with Crippen molar-refractivity contribution in [3.8, 4) is 22.8 Å². The average Bonchev–Trinajstić information content (AvgIpc) is 3.39. The van der Waals surface area contributed by atoms with Gasteiger partial charge in [0.2, 0.25) is 11.7 Å². The summed E-state index contributed by atoms with van der Waals surface area (Å²) in [6.07, 6.45) is 2.29. The van der Waals surface area contributed by atoms with Gasteiger partial charge in [-0.15, -0.1) is 0 Å². The molecule has 10 nitrogen and oxygen atoms in total. The summed E-state index contributed by atoms with van der Waals surface area (Å²) < 4.78 is 6.50. The molecule has 4 aromatic rings. The molecule has 0 fully saturated rings. The third-order valence-electron chi connectivity index (χ3n) is 4.01. The Morgan fingerprint density at radius 1 is 1.10 bits per heavy atom. The summed E-state index contributed by atoms with van der Waals surface area (Å²) in [4.78, 5) is 26.6. The zero-order valence-electron chi connectivity index (χ0n) is 14.9. The normalized spacial score (nSPS) is 10.6. The lowest BCUT2D eigenvalue weighted by molar-refractivity contribution is -0.385. The number of benzene rings is 2. The van der Waals surface area contributed by atoms with Crippen LogP contribution in [0.2, 0.25) is 0 Å². The highest BCUT2D eigenvalue weighted by molar-refractivity contribution is 5.90. The predicted octanol–water partition coefficient (Wildman–Crippen LogP) is 3.15. The number of nitrogens with one attached hydrogen (secondary N) is 1. The van der Waals surface area contributed by atoms with E-state index in [9.17, 15) is 14.9 Å². The van der Waals surface area contributed by atoms with Gasteiger partial charge in [0.1, 0.15) is 18.9 Å². The molecule has 4 rings (SSSR count). The van der Waals surface area contributed by atoms with Crippen molar-refractivity contribution in [1.82, 2.24) is 19.9 Å². The summed E-state index contributed by atoms with van der Waals surface area (Å²) in [5.74, 6) is 0.499. The Balaban J connectivity index is 1.41. The van der Waals surface area contributed by atoms with E-state index in [4.69, 9.17) is 4.52 Å². The number of hydrogen-bond acceptors (Lipinski definition) is 7. The number of anilines is 1. The summed E-state index contributed by atoms with van der Waals surface area (Å²) in [5.41, 5.74) is 1.95. The van der Waals surface area contributed by atoms with Crippen molar-refractivity contribution in [1.29, 1.82) is 0 Å². The van der Waals surface area contributed by atoms with Gasteiger partial charge in [-0.1, -0.05) is 23.4 Å². The van der Waals surface area contributed by atoms with Crippen LogP contribution in [-0.4, -0.2) is 30.8 Å². The Labute approximate surface area is 163 Å². The monoisotopic (exact) mass is 390 g/mol. The lowest BCUT2D eigenvalue weighted by atomic mass is 10.2. The molecule has 0 saturated carbocycles. The molecule has 2 aromatic heterocycles. The first-order valence-corrected chi connectivity index (χ1v) is 8.55. The first-order chi connectivity index (χ1) is 14.1. The summed E-state index contributed by atoms with van der Waals surface area (Å²) in [6.45, 7) is -0.138. The summed E-state index contributed by atoms with van der Waals surface area (Å²) in [5, 5.41) is 21.1. The third-order valence-corrected chi connectivity index (χ3v) is 4.01. The number of carbonyl (C=O) groups is 1. The number of amides is 1. The van der Waals surface area contributed by atoms with Crippen molar-refractivity contribution in [2.24, 2.45) is 0 Å². The maximum absolute atomic E-state index is 12.1. The first-order valence-electron chi connectivity index (χ1n) is 8.55. The molecule has 1 N–H and O–H groups in total. The van der Waals surface area contributed by atoms with E-state index in [1.165, 1.54) is 10.9 Å². The van der Waals surface area contributed by atoms with Gasteiger partial charge in [0, 0.05) is 16.8 Å². The Morgan fingerprint density at radius 2 is 1.86 bits per heavy atom. The van der Waals surface area contributed by atoms with E-state index in [1.54, 1.807) is 24.3 Å². The maximum atomic E-state index is 12.1. The second-order valence-corrected chi connectivity index (χ2v) is 6.07. The van der Waals surface area contributed by atoms with Gasteiger partial charge in [0.05, 0.1) is 4.92 Å². The van der Waals surface area contributed by atoms with Crippen molar-refractivity contribution in [3.05, 3.63) is 77.1 Å². The van der Waals surface area contributed by atoms with Gasteiger partial charge >= 0.3 is 5.69 Å². The number of hydrogen-bond donors (Lipinski definition) is 1. The molecule has 10 heteroatoms. The molecule has 0 unspecified atom stereocenters. The van der Waals surface area contributed by atoms with Crippen LogP contribution in [-0.2, 0) is 11.3 Å². The number of carbonyl (C=O) groups excluding carboxylic acids is 1. The molecule has 0 aliphatic rings. The van der Waals surface area contributed by atoms with Crippen LogP contribution in [0.5, 0.6) is 0 Å². The van der Waals surface area contributed by atoms with E-state index in [-0.39, 0.29) is 18.1 Å². The second kappa shape index (κ2) is 7.72. The molecule has 0 aliphatic carbocycles. The minimum Gasteiger partial charge on any atom is -0.334 e. The van der Waals surface area contributed by atoms with Gasteiger partial charge in [0.15, 0.2) is 0 Å². The number of rotatable bonds is 6. The minimum absolute atomic E-state index is 0.138. The molecular weight excluding hydrogens is 376 g/mol. The average molecular weight is 390 g/mol. The molecule has 0 spiro atoms. The van der Waals surface area contributed by atoms with E-state index < -0.39 is 4.92 Å². The number of aromatic nitrogens is 4. The SMILES string of the molecule is O=C(Cn1cc([N+](=O)[O-])cn1)Nc1ccc(-c2noc(-c3ccccc3)n2)cc1. The molecule has 29 heavy (non-hydrogen) atoms. The van der Waals surface area contributed by atoms with Crippen molar-refractivity contribution >= 4 is 17.3 Å². The lowest BCUT2D eigenvalue weighted by Gasteiger charge is -2.05. The molecule has 0 radical (unpaired) electrons. The van der Waals surface area contributed by atoms with Gasteiger partial charge in [-0.2, -0.15) is 10.1 Å².